The molecule has 0 saturated heterocycles. The maximum absolute atomic E-state index is 6.01. The molecule has 0 aliphatic rings. The first-order valence-corrected chi connectivity index (χ1v) is 45.1. The summed E-state index contributed by atoms with van der Waals surface area (Å²) in [6.45, 7) is 47.3. The number of thiophene rings is 4. The molecule has 0 fully saturated rings. The Labute approximate surface area is 719 Å². The van der Waals surface area contributed by atoms with Crippen molar-refractivity contribution in [1.29, 1.82) is 0 Å². The van der Waals surface area contributed by atoms with Crippen LogP contribution in [0.4, 0.5) is 0 Å². The van der Waals surface area contributed by atoms with Crippen molar-refractivity contribution in [2.24, 2.45) is 0 Å². The third kappa shape index (κ3) is 17.7. The Morgan fingerprint density at radius 2 is 0.504 bits per heavy atom. The molecule has 0 unspecified atom stereocenters. The lowest BCUT2D eigenvalue weighted by Gasteiger charge is -2.20. The molecule has 0 bridgehead atoms. The smallest absolute Gasteiger partial charge is 0.139 e. The van der Waals surface area contributed by atoms with Crippen molar-refractivity contribution in [3.05, 3.63) is 336 Å². The summed E-state index contributed by atoms with van der Waals surface area (Å²) in [6.07, 6.45) is 0. The first-order chi connectivity index (χ1) is 56.4. The van der Waals surface area contributed by atoms with Gasteiger partial charge in [0.05, 0.1) is 0 Å². The molecule has 7 aromatic heterocycles. The lowest BCUT2D eigenvalue weighted by molar-refractivity contribution is 0.573. The van der Waals surface area contributed by atoms with E-state index >= 15 is 0 Å². The van der Waals surface area contributed by atoms with E-state index in [2.05, 4.69) is 400 Å². The highest BCUT2D eigenvalue weighted by Crippen LogP contribution is 2.45. The molecule has 0 saturated carbocycles. The fourth-order valence-corrected chi connectivity index (χ4v) is 20.8. The monoisotopic (exact) mass is 1630 g/mol. The minimum atomic E-state index is 0.105. The average molecular weight is 1630 g/mol. The number of rotatable bonds is 0. The van der Waals surface area contributed by atoms with Crippen LogP contribution in [0, 0.1) is 0 Å². The van der Waals surface area contributed by atoms with Crippen LogP contribution in [0.2, 0.25) is 0 Å². The van der Waals surface area contributed by atoms with Gasteiger partial charge in [-0.05, 0) is 150 Å². The minimum Gasteiger partial charge on any atom is -0.456 e. The maximum Gasteiger partial charge on any atom is 0.139 e. The Kier molecular flexibility index (Phi) is 23.0. The second-order valence-corrected chi connectivity index (χ2v) is 43.1. The zero-order valence-corrected chi connectivity index (χ0v) is 76.4. The van der Waals surface area contributed by atoms with Crippen molar-refractivity contribution in [2.75, 3.05) is 0 Å². The van der Waals surface area contributed by atoms with Crippen LogP contribution in [0.5, 0.6) is 0 Å². The summed E-state index contributed by atoms with van der Waals surface area (Å²) in [5, 5.41) is 18.5. The van der Waals surface area contributed by atoms with Gasteiger partial charge in [-0.25, -0.2) is 0 Å². The largest absolute Gasteiger partial charge is 0.456 e. The van der Waals surface area contributed by atoms with E-state index in [1.54, 1.807) is 0 Å². The van der Waals surface area contributed by atoms with Crippen molar-refractivity contribution < 1.29 is 13.3 Å². The fraction of sp³-hybridized carbons (Fsp3) is 0.250. The van der Waals surface area contributed by atoms with Gasteiger partial charge in [-0.15, -0.1) is 45.3 Å². The number of hydrogen-bond donors (Lipinski definition) is 0. The molecule has 0 atom stereocenters. The zero-order valence-electron chi connectivity index (χ0n) is 73.1. The van der Waals surface area contributed by atoms with Gasteiger partial charge in [0.1, 0.15) is 33.5 Å². The summed E-state index contributed by atoms with van der Waals surface area (Å²) in [4.78, 5) is 0. The first kappa shape index (κ1) is 83.4. The van der Waals surface area contributed by atoms with E-state index in [1.807, 2.05) is 87.8 Å². The van der Waals surface area contributed by atoms with E-state index < -0.39 is 0 Å². The molecule has 0 spiro atoms. The Bertz CT molecular complexity index is 6810. The third-order valence-electron chi connectivity index (χ3n) is 22.6. The van der Waals surface area contributed by atoms with Crippen LogP contribution in [0.15, 0.2) is 311 Å². The van der Waals surface area contributed by atoms with Gasteiger partial charge in [-0.2, -0.15) is 0 Å². The summed E-state index contributed by atoms with van der Waals surface area (Å²) in [7, 11) is 0. The fourth-order valence-electron chi connectivity index (χ4n) is 16.1. The summed E-state index contributed by atoms with van der Waals surface area (Å²) >= 11 is 7.58. The highest BCUT2D eigenvalue weighted by molar-refractivity contribution is 7.27. The Balaban J connectivity index is 0.000000108. The van der Waals surface area contributed by atoms with Gasteiger partial charge in [0.2, 0.25) is 0 Å². The normalized spacial score (nSPS) is 12.4. The Morgan fingerprint density at radius 1 is 0.176 bits per heavy atom. The van der Waals surface area contributed by atoms with E-state index in [0.717, 1.165) is 33.5 Å². The number of para-hydroxylation sites is 4. The summed E-state index contributed by atoms with van der Waals surface area (Å²) in [5.74, 6) is 0. The van der Waals surface area contributed by atoms with Crippen LogP contribution >= 0.6 is 45.3 Å². The highest BCUT2D eigenvalue weighted by Gasteiger charge is 2.26. The highest BCUT2D eigenvalue weighted by atomic mass is 32.1. The molecular weight excluding hydrogens is 1520 g/mol. The van der Waals surface area contributed by atoms with Crippen molar-refractivity contribution in [3.63, 3.8) is 0 Å². The molecular formula is C112H112O3S4. The van der Waals surface area contributed by atoms with E-state index in [1.165, 1.54) is 152 Å². The molecule has 602 valence electrons. The van der Waals surface area contributed by atoms with Crippen molar-refractivity contribution in [2.45, 2.75) is 183 Å². The number of fused-ring (bicyclic) bond motifs is 21. The van der Waals surface area contributed by atoms with Crippen LogP contribution in [-0.4, -0.2) is 0 Å². The lowest BCUT2D eigenvalue weighted by atomic mass is 9.84. The molecule has 14 aromatic carbocycles. The van der Waals surface area contributed by atoms with Gasteiger partial charge < -0.3 is 13.3 Å². The zero-order chi connectivity index (χ0) is 84.3. The molecule has 0 radical (unpaired) electrons. The second-order valence-electron chi connectivity index (χ2n) is 38.8. The van der Waals surface area contributed by atoms with E-state index in [9.17, 15) is 0 Å². The van der Waals surface area contributed by atoms with Crippen LogP contribution in [0.3, 0.4) is 0 Å². The van der Waals surface area contributed by atoms with Crippen LogP contribution in [-0.2, 0) is 37.9 Å². The predicted octanol–water partition coefficient (Wildman–Crippen LogP) is 36.1. The number of benzene rings is 14. The van der Waals surface area contributed by atoms with E-state index in [4.69, 9.17) is 13.3 Å². The van der Waals surface area contributed by atoms with Crippen LogP contribution < -0.4 is 0 Å². The van der Waals surface area contributed by atoms with Crippen molar-refractivity contribution in [3.8, 4) is 0 Å². The van der Waals surface area contributed by atoms with Gasteiger partial charge in [0.15, 0.2) is 0 Å². The number of hydrogen-bond acceptors (Lipinski definition) is 7. The molecule has 119 heavy (non-hydrogen) atoms. The molecule has 0 N–H and O–H groups in total. The minimum absolute atomic E-state index is 0.105. The second kappa shape index (κ2) is 32.8. The number of furan rings is 3. The molecule has 7 heteroatoms. The van der Waals surface area contributed by atoms with E-state index in [-0.39, 0.29) is 37.9 Å². The first-order valence-electron chi connectivity index (χ1n) is 41.8. The van der Waals surface area contributed by atoms with Gasteiger partial charge in [-0.3, -0.25) is 0 Å². The quantitative estimate of drug-likeness (QED) is 0.152. The average Bonchev–Trinajstić information content (AvgIpc) is 1.64. The maximum atomic E-state index is 6.01. The van der Waals surface area contributed by atoms with Gasteiger partial charge in [0, 0.05) is 119 Å². The molecule has 21 rings (SSSR count). The summed E-state index contributed by atoms with van der Waals surface area (Å²) in [6, 6.07) is 106. The molecule has 21 aromatic rings. The van der Waals surface area contributed by atoms with Gasteiger partial charge in [0.25, 0.3) is 0 Å². The molecule has 7 heterocycles. The standard InChI is InChI=1S/3C16H16O.4C16H16S/c1-16(2,3)13-9-6-8-12-11-7-4-5-10-14(11)17-15(12)13;1-16(2,3)12-8-6-10-14-15(12)11-7-4-5-9-13(11)17-14;1-16(2,3)11-8-9-13-12-6-4-5-7-14(12)17-15(13)10-11;1-16(2,3)13-9-6-8-12-11-7-4-5-10-14(11)17-15(12)13;1-16(2,3)12-8-6-10-14-15(12)11-7-4-5-9-13(11)17-14;1-16(2,3)11-8-9-15-13(10-11)12-6-4-5-7-14(12)17-15;1-16(2,3)11-8-9-13-12-6-4-5-7-14(12)17-15(13)10-11/h7*4-10H,1-3H3. The SMILES string of the molecule is CC(C)(C)c1ccc2c(c1)oc1ccccc12.CC(C)(C)c1ccc2c(c1)sc1ccccc12.CC(C)(C)c1ccc2sc3ccccc3c2c1.CC(C)(C)c1cccc2c1oc1ccccc12.CC(C)(C)c1cccc2c1sc1ccccc12.CC(C)(C)c1cccc2oc3ccccc3c12.CC(C)(C)c1cccc2sc3ccccc3c12. The third-order valence-corrected chi connectivity index (χ3v) is 27.2. The van der Waals surface area contributed by atoms with Crippen LogP contribution in [0.25, 0.3) is 147 Å². The summed E-state index contributed by atoms with van der Waals surface area (Å²) < 4.78 is 29.0. The summed E-state index contributed by atoms with van der Waals surface area (Å²) in [5.41, 5.74) is 16.8. The molecule has 0 amide bonds. The van der Waals surface area contributed by atoms with Gasteiger partial charge in [-0.1, -0.05) is 364 Å². The topological polar surface area (TPSA) is 39.4 Å². The molecule has 0 aliphatic carbocycles. The molecule has 0 aliphatic heterocycles. The van der Waals surface area contributed by atoms with Crippen LogP contribution in [0.1, 0.15) is 184 Å². The van der Waals surface area contributed by atoms with Gasteiger partial charge >= 0.3 is 0 Å². The van der Waals surface area contributed by atoms with Crippen molar-refractivity contribution in [1.82, 2.24) is 0 Å². The predicted molar refractivity (Wildman–Crippen MR) is 529 cm³/mol. The van der Waals surface area contributed by atoms with Crippen molar-refractivity contribution >= 4 is 192 Å². The van der Waals surface area contributed by atoms with E-state index in [0.29, 0.717) is 0 Å². The lowest BCUT2D eigenvalue weighted by Crippen LogP contribution is -2.11. The molecule has 3 nitrogen and oxygen atoms in total. The Hall–Kier alpha value is -10.6. The Morgan fingerprint density at radius 3 is 1.08 bits per heavy atom.